The molecule has 0 aliphatic rings. The molecule has 0 amide bonds. The molecule has 0 saturated carbocycles. The van der Waals surface area contributed by atoms with Gasteiger partial charge in [0.15, 0.2) is 5.11 Å². The first-order chi connectivity index (χ1) is 7.33. The highest BCUT2D eigenvalue weighted by Gasteiger charge is 1.90. The average molecular weight is 224 g/mol. The smallest absolute Gasteiger partial charge is 0.188 e. The Morgan fingerprint density at radius 2 is 2.53 bits per heavy atom. The Kier molecular flexibility index (Phi) is 5.28. The molecule has 6 heteroatoms. The number of nitrogens with zero attached hydrogens (tertiary/aromatic N) is 2. The van der Waals surface area contributed by atoms with Crippen LogP contribution in [0.4, 0.5) is 0 Å². The van der Waals surface area contributed by atoms with Gasteiger partial charge in [-0.05, 0) is 24.4 Å². The molecule has 80 valence electrons. The summed E-state index contributed by atoms with van der Waals surface area (Å²) in [5, 5.41) is 7.09. The first-order valence-corrected chi connectivity index (χ1v) is 4.70. The normalized spacial score (nSPS) is 10.2. The van der Waals surface area contributed by atoms with Gasteiger partial charge in [0.25, 0.3) is 0 Å². The van der Waals surface area contributed by atoms with Crippen LogP contribution in [-0.2, 0) is 4.74 Å². The molecule has 1 aromatic heterocycles. The topological polar surface area (TPSA) is 58.5 Å². The minimum Gasteiger partial charge on any atom is -0.365 e. The number of pyridine rings is 1. The highest BCUT2D eigenvalue weighted by Crippen LogP contribution is 1.87. The fourth-order valence-electron chi connectivity index (χ4n) is 0.787. The van der Waals surface area contributed by atoms with Crippen molar-refractivity contribution in [2.75, 3.05) is 13.8 Å². The van der Waals surface area contributed by atoms with Gasteiger partial charge in [0, 0.05) is 13.3 Å². The van der Waals surface area contributed by atoms with Crippen LogP contribution >= 0.6 is 12.2 Å². The molecule has 5 nitrogen and oxygen atoms in total. The third-order valence-electron chi connectivity index (χ3n) is 1.43. The largest absolute Gasteiger partial charge is 0.365 e. The molecule has 0 unspecified atom stereocenters. The molecule has 1 rings (SSSR count). The standard InChI is InChI=1S/C9H12N4OS/c1-14-7-11-9(15)13-12-6-8-4-2-3-5-10-8/h2-6H,7H2,1H3,(H2,11,13,15)/b12-6-. The van der Waals surface area contributed by atoms with Gasteiger partial charge in [0.1, 0.15) is 6.73 Å². The lowest BCUT2D eigenvalue weighted by atomic mass is 10.4. The van der Waals surface area contributed by atoms with Crippen LogP contribution in [0.15, 0.2) is 29.5 Å². The van der Waals surface area contributed by atoms with E-state index in [-0.39, 0.29) is 0 Å². The zero-order chi connectivity index (χ0) is 10.9. The molecule has 0 aromatic carbocycles. The summed E-state index contributed by atoms with van der Waals surface area (Å²) in [6, 6.07) is 5.57. The molecule has 0 aliphatic carbocycles. The molecule has 2 N–H and O–H groups in total. The molecule has 0 saturated heterocycles. The lowest BCUT2D eigenvalue weighted by Crippen LogP contribution is -2.33. The first kappa shape index (κ1) is 11.5. The fraction of sp³-hybridized carbons (Fsp3) is 0.222. The number of nitrogens with one attached hydrogen (secondary N) is 2. The van der Waals surface area contributed by atoms with Crippen molar-refractivity contribution in [2.24, 2.45) is 5.10 Å². The van der Waals surface area contributed by atoms with Gasteiger partial charge >= 0.3 is 0 Å². The Labute approximate surface area is 93.5 Å². The molecule has 0 aliphatic heterocycles. The van der Waals surface area contributed by atoms with Gasteiger partial charge in [0.05, 0.1) is 11.9 Å². The Balaban J connectivity index is 2.31. The van der Waals surface area contributed by atoms with E-state index < -0.39 is 0 Å². The predicted octanol–water partition coefficient (Wildman–Crippen LogP) is 0.483. The van der Waals surface area contributed by atoms with Crippen molar-refractivity contribution in [1.29, 1.82) is 0 Å². The highest BCUT2D eigenvalue weighted by atomic mass is 32.1. The van der Waals surface area contributed by atoms with Crippen molar-refractivity contribution in [2.45, 2.75) is 0 Å². The van der Waals surface area contributed by atoms with E-state index in [1.165, 1.54) is 0 Å². The van der Waals surface area contributed by atoms with Gasteiger partial charge in [-0.3, -0.25) is 10.4 Å². The summed E-state index contributed by atoms with van der Waals surface area (Å²) in [6.45, 7) is 0.352. The minimum absolute atomic E-state index is 0.352. The summed E-state index contributed by atoms with van der Waals surface area (Å²) in [7, 11) is 1.58. The second kappa shape index (κ2) is 6.86. The van der Waals surface area contributed by atoms with Crippen LogP contribution in [0.1, 0.15) is 5.69 Å². The number of methoxy groups -OCH3 is 1. The molecule has 0 bridgehead atoms. The number of aromatic nitrogens is 1. The summed E-state index contributed by atoms with van der Waals surface area (Å²) in [5.41, 5.74) is 3.40. The maximum Gasteiger partial charge on any atom is 0.188 e. The fourth-order valence-corrected chi connectivity index (χ4v) is 0.898. The molecule has 0 spiro atoms. The van der Waals surface area contributed by atoms with Crippen molar-refractivity contribution < 1.29 is 4.74 Å². The molecule has 1 aromatic rings. The van der Waals surface area contributed by atoms with E-state index in [1.807, 2.05) is 18.2 Å². The third kappa shape index (κ3) is 5.04. The summed E-state index contributed by atoms with van der Waals surface area (Å²) in [5.74, 6) is 0. The van der Waals surface area contributed by atoms with Crippen molar-refractivity contribution in [3.63, 3.8) is 0 Å². The van der Waals surface area contributed by atoms with Crippen molar-refractivity contribution >= 4 is 23.5 Å². The van der Waals surface area contributed by atoms with Crippen molar-refractivity contribution in [1.82, 2.24) is 15.7 Å². The summed E-state index contributed by atoms with van der Waals surface area (Å²) < 4.78 is 4.77. The Hall–Kier alpha value is -1.53. The molecule has 0 radical (unpaired) electrons. The van der Waals surface area contributed by atoms with E-state index in [9.17, 15) is 0 Å². The van der Waals surface area contributed by atoms with Crippen LogP contribution in [0.5, 0.6) is 0 Å². The van der Waals surface area contributed by atoms with Gasteiger partial charge in [-0.2, -0.15) is 5.10 Å². The summed E-state index contributed by atoms with van der Waals surface area (Å²) in [4.78, 5) is 4.06. The van der Waals surface area contributed by atoms with Crippen LogP contribution in [0.3, 0.4) is 0 Å². The van der Waals surface area contributed by atoms with E-state index in [0.29, 0.717) is 11.8 Å². The second-order valence-corrected chi connectivity index (χ2v) is 2.97. The van der Waals surface area contributed by atoms with Crippen molar-refractivity contribution in [3.8, 4) is 0 Å². The number of ether oxygens (including phenoxy) is 1. The van der Waals surface area contributed by atoms with Gasteiger partial charge in [-0.25, -0.2) is 0 Å². The van der Waals surface area contributed by atoms with E-state index in [0.717, 1.165) is 5.69 Å². The molecule has 1 heterocycles. The van der Waals surface area contributed by atoms with Gasteiger partial charge in [-0.15, -0.1) is 0 Å². The minimum atomic E-state index is 0.352. The number of rotatable bonds is 4. The second-order valence-electron chi connectivity index (χ2n) is 2.56. The molecule has 0 atom stereocenters. The number of thiocarbonyl (C=S) groups is 1. The molecular weight excluding hydrogens is 212 g/mol. The third-order valence-corrected chi connectivity index (χ3v) is 1.66. The number of hydrogen-bond acceptors (Lipinski definition) is 4. The number of hydrogen-bond donors (Lipinski definition) is 2. The van der Waals surface area contributed by atoms with Crippen LogP contribution in [0.2, 0.25) is 0 Å². The lowest BCUT2D eigenvalue weighted by molar-refractivity contribution is 0.192. The molecular formula is C9H12N4OS. The quantitative estimate of drug-likeness (QED) is 0.337. The maximum atomic E-state index is 4.90. The van der Waals surface area contributed by atoms with Crippen LogP contribution in [0, 0.1) is 0 Å². The summed E-state index contributed by atoms with van der Waals surface area (Å²) >= 11 is 4.90. The Bertz CT molecular complexity index is 328. The van der Waals surface area contributed by atoms with Crippen molar-refractivity contribution in [3.05, 3.63) is 30.1 Å². The van der Waals surface area contributed by atoms with E-state index in [2.05, 4.69) is 20.8 Å². The molecule has 0 fully saturated rings. The Morgan fingerprint density at radius 1 is 1.67 bits per heavy atom. The van der Waals surface area contributed by atoms with E-state index in [4.69, 9.17) is 17.0 Å². The van der Waals surface area contributed by atoms with E-state index >= 15 is 0 Å². The van der Waals surface area contributed by atoms with Crippen LogP contribution in [0.25, 0.3) is 0 Å². The Morgan fingerprint density at radius 3 is 3.20 bits per heavy atom. The van der Waals surface area contributed by atoms with E-state index in [1.54, 1.807) is 19.5 Å². The first-order valence-electron chi connectivity index (χ1n) is 4.30. The van der Waals surface area contributed by atoms with Gasteiger partial charge < -0.3 is 10.1 Å². The van der Waals surface area contributed by atoms with Gasteiger partial charge in [-0.1, -0.05) is 6.07 Å². The monoisotopic (exact) mass is 224 g/mol. The van der Waals surface area contributed by atoms with Gasteiger partial charge in [0.2, 0.25) is 0 Å². The lowest BCUT2D eigenvalue weighted by Gasteiger charge is -2.04. The highest BCUT2D eigenvalue weighted by molar-refractivity contribution is 7.80. The van der Waals surface area contributed by atoms with Crippen LogP contribution in [-0.4, -0.2) is 30.2 Å². The predicted molar refractivity (Wildman–Crippen MR) is 62.6 cm³/mol. The molecule has 15 heavy (non-hydrogen) atoms. The SMILES string of the molecule is COCNC(=S)N/N=C\c1ccccn1. The summed E-state index contributed by atoms with van der Waals surface area (Å²) in [6.07, 6.45) is 3.28. The average Bonchev–Trinajstić information content (AvgIpc) is 2.28. The number of hydrazone groups is 1. The zero-order valence-electron chi connectivity index (χ0n) is 8.30. The zero-order valence-corrected chi connectivity index (χ0v) is 9.12. The van der Waals surface area contributed by atoms with Crippen LogP contribution < -0.4 is 10.7 Å². The maximum absolute atomic E-state index is 4.90.